The van der Waals surface area contributed by atoms with Crippen LogP contribution in [0.1, 0.15) is 11.7 Å². The van der Waals surface area contributed by atoms with Gasteiger partial charge in [0.2, 0.25) is 0 Å². The van der Waals surface area contributed by atoms with Crippen LogP contribution in [0.4, 0.5) is 5.82 Å². The number of halogens is 1. The molecule has 1 atom stereocenters. The van der Waals surface area contributed by atoms with Gasteiger partial charge < -0.3 is 10.4 Å². The predicted molar refractivity (Wildman–Crippen MR) is 84.4 cm³/mol. The largest absolute Gasteiger partial charge is 0.387 e. The van der Waals surface area contributed by atoms with Crippen LogP contribution in [0.2, 0.25) is 5.15 Å². The van der Waals surface area contributed by atoms with Crippen LogP contribution in [0.25, 0.3) is 10.8 Å². The van der Waals surface area contributed by atoms with Gasteiger partial charge >= 0.3 is 0 Å². The monoisotopic (exact) mass is 299 g/mol. The topological polar surface area (TPSA) is 58.0 Å². The number of benzene rings is 2. The molecule has 0 bridgehead atoms. The first kappa shape index (κ1) is 13.8. The van der Waals surface area contributed by atoms with E-state index in [9.17, 15) is 5.11 Å². The smallest absolute Gasteiger partial charge is 0.171 e. The zero-order valence-electron chi connectivity index (χ0n) is 11.2. The van der Waals surface area contributed by atoms with Gasteiger partial charge in [0.25, 0.3) is 0 Å². The number of anilines is 1. The van der Waals surface area contributed by atoms with E-state index >= 15 is 0 Å². The van der Waals surface area contributed by atoms with Crippen LogP contribution in [-0.4, -0.2) is 21.6 Å². The van der Waals surface area contributed by atoms with E-state index in [1.807, 2.05) is 42.5 Å². The number of nitrogens with one attached hydrogen (secondary N) is 1. The lowest BCUT2D eigenvalue weighted by Gasteiger charge is -2.13. The summed E-state index contributed by atoms with van der Waals surface area (Å²) in [6.45, 7) is 0.316. The Labute approximate surface area is 127 Å². The van der Waals surface area contributed by atoms with Gasteiger partial charge in [-0.15, -0.1) is 0 Å². The van der Waals surface area contributed by atoms with Crippen molar-refractivity contribution in [1.29, 1.82) is 0 Å². The molecule has 0 saturated carbocycles. The lowest BCUT2D eigenvalue weighted by Crippen LogP contribution is -2.13. The van der Waals surface area contributed by atoms with E-state index in [0.29, 0.717) is 17.5 Å². The Morgan fingerprint density at radius 1 is 1.05 bits per heavy atom. The van der Waals surface area contributed by atoms with Crippen molar-refractivity contribution >= 4 is 28.2 Å². The maximum Gasteiger partial charge on any atom is 0.171 e. The van der Waals surface area contributed by atoms with Gasteiger partial charge in [-0.25, -0.2) is 9.97 Å². The molecular weight excluding hydrogens is 286 g/mol. The Morgan fingerprint density at radius 2 is 1.81 bits per heavy atom. The van der Waals surface area contributed by atoms with Crippen molar-refractivity contribution in [1.82, 2.24) is 9.97 Å². The third-order valence-electron chi connectivity index (χ3n) is 3.27. The van der Waals surface area contributed by atoms with E-state index in [0.717, 1.165) is 16.3 Å². The summed E-state index contributed by atoms with van der Waals surface area (Å²) in [5.41, 5.74) is 0.848. The number of hydrogen-bond donors (Lipinski definition) is 2. The van der Waals surface area contributed by atoms with Crippen LogP contribution < -0.4 is 5.32 Å². The molecule has 0 aliphatic heterocycles. The van der Waals surface area contributed by atoms with Gasteiger partial charge in [0, 0.05) is 18.9 Å². The summed E-state index contributed by atoms with van der Waals surface area (Å²) in [5.74, 6) is 0.471. The van der Waals surface area contributed by atoms with Crippen LogP contribution in [0.15, 0.2) is 54.9 Å². The number of aliphatic hydroxyl groups is 1. The van der Waals surface area contributed by atoms with Crippen molar-refractivity contribution in [3.63, 3.8) is 0 Å². The molecule has 0 saturated heterocycles. The van der Waals surface area contributed by atoms with E-state index in [4.69, 9.17) is 11.6 Å². The minimum Gasteiger partial charge on any atom is -0.387 e. The van der Waals surface area contributed by atoms with Gasteiger partial charge in [0.05, 0.1) is 6.10 Å². The van der Waals surface area contributed by atoms with Gasteiger partial charge in [0.1, 0.15) is 0 Å². The third-order valence-corrected chi connectivity index (χ3v) is 3.55. The highest BCUT2D eigenvalue weighted by Gasteiger charge is 2.10. The van der Waals surface area contributed by atoms with Gasteiger partial charge in [0.15, 0.2) is 11.0 Å². The van der Waals surface area contributed by atoms with E-state index < -0.39 is 6.10 Å². The number of nitrogens with zero attached hydrogens (tertiary/aromatic N) is 2. The van der Waals surface area contributed by atoms with Gasteiger partial charge in [-0.05, 0) is 22.4 Å². The molecule has 21 heavy (non-hydrogen) atoms. The number of fused-ring (bicyclic) bond motifs is 1. The molecule has 0 spiro atoms. The summed E-state index contributed by atoms with van der Waals surface area (Å²) in [7, 11) is 0. The molecular formula is C16H14ClN3O. The molecule has 2 aromatic carbocycles. The first-order valence-electron chi connectivity index (χ1n) is 6.61. The quantitative estimate of drug-likeness (QED) is 0.775. The molecule has 0 amide bonds. The molecule has 0 aliphatic carbocycles. The number of rotatable bonds is 4. The van der Waals surface area contributed by atoms with Crippen LogP contribution in [0.5, 0.6) is 0 Å². The van der Waals surface area contributed by atoms with Crippen LogP contribution >= 0.6 is 11.6 Å². The van der Waals surface area contributed by atoms with Crippen molar-refractivity contribution in [2.75, 3.05) is 11.9 Å². The molecule has 106 valence electrons. The normalized spacial score (nSPS) is 12.3. The lowest BCUT2D eigenvalue weighted by atomic mass is 10.0. The standard InChI is InChI=1S/C16H14ClN3O/c17-15-16(19-8-7-18-15)20-10-14(21)13-6-5-11-3-1-2-4-12(11)9-13/h1-9,14,21H,10H2,(H,19,20). The summed E-state index contributed by atoms with van der Waals surface area (Å²) < 4.78 is 0. The van der Waals surface area contributed by atoms with Crippen LogP contribution in [0, 0.1) is 0 Å². The highest BCUT2D eigenvalue weighted by Crippen LogP contribution is 2.21. The molecule has 0 aliphatic rings. The van der Waals surface area contributed by atoms with Crippen molar-refractivity contribution in [3.8, 4) is 0 Å². The molecule has 1 heterocycles. The Bertz CT molecular complexity index is 763. The summed E-state index contributed by atoms with van der Waals surface area (Å²) in [6, 6.07) is 14.0. The van der Waals surface area contributed by atoms with Crippen molar-refractivity contribution in [2.24, 2.45) is 0 Å². The van der Waals surface area contributed by atoms with E-state index in [-0.39, 0.29) is 0 Å². The van der Waals surface area contributed by atoms with E-state index in [2.05, 4.69) is 15.3 Å². The maximum absolute atomic E-state index is 10.3. The second-order valence-corrected chi connectivity index (χ2v) is 5.06. The van der Waals surface area contributed by atoms with Gasteiger partial charge in [-0.2, -0.15) is 0 Å². The van der Waals surface area contributed by atoms with Crippen LogP contribution in [0.3, 0.4) is 0 Å². The minimum atomic E-state index is -0.646. The summed E-state index contributed by atoms with van der Waals surface area (Å²) in [4.78, 5) is 8.01. The molecule has 0 fully saturated rings. The van der Waals surface area contributed by atoms with Gasteiger partial charge in [-0.1, -0.05) is 48.0 Å². The Hall–Kier alpha value is -2.17. The number of aromatic nitrogens is 2. The lowest BCUT2D eigenvalue weighted by molar-refractivity contribution is 0.191. The SMILES string of the molecule is OC(CNc1nccnc1Cl)c1ccc2ccccc2c1. The number of hydrogen-bond acceptors (Lipinski definition) is 4. The molecule has 0 radical (unpaired) electrons. The average molecular weight is 300 g/mol. The van der Waals surface area contributed by atoms with Crippen molar-refractivity contribution in [2.45, 2.75) is 6.10 Å². The fourth-order valence-corrected chi connectivity index (χ4v) is 2.34. The third kappa shape index (κ3) is 3.12. The molecule has 5 heteroatoms. The first-order chi connectivity index (χ1) is 10.2. The summed E-state index contributed by atoms with van der Waals surface area (Å²) in [6.07, 6.45) is 2.43. The molecule has 2 N–H and O–H groups in total. The van der Waals surface area contributed by atoms with Gasteiger partial charge in [-0.3, -0.25) is 0 Å². The Morgan fingerprint density at radius 3 is 2.62 bits per heavy atom. The van der Waals surface area contributed by atoms with Crippen molar-refractivity contribution < 1.29 is 5.11 Å². The molecule has 3 rings (SSSR count). The Kier molecular flexibility index (Phi) is 3.99. The second kappa shape index (κ2) is 6.08. The molecule has 1 unspecified atom stereocenters. The Balaban J connectivity index is 1.75. The van der Waals surface area contributed by atoms with E-state index in [1.165, 1.54) is 6.20 Å². The number of aliphatic hydroxyl groups excluding tert-OH is 1. The van der Waals surface area contributed by atoms with E-state index in [1.54, 1.807) is 6.20 Å². The predicted octanol–water partition coefficient (Wildman–Crippen LogP) is 3.43. The van der Waals surface area contributed by atoms with Crippen molar-refractivity contribution in [3.05, 3.63) is 65.6 Å². The first-order valence-corrected chi connectivity index (χ1v) is 6.99. The fraction of sp³-hybridized carbons (Fsp3) is 0.125. The zero-order valence-corrected chi connectivity index (χ0v) is 12.0. The van der Waals surface area contributed by atoms with Crippen LogP contribution in [-0.2, 0) is 0 Å². The molecule has 4 nitrogen and oxygen atoms in total. The summed E-state index contributed by atoms with van der Waals surface area (Å²) >= 11 is 5.91. The minimum absolute atomic E-state index is 0.295. The highest BCUT2D eigenvalue weighted by atomic mass is 35.5. The zero-order chi connectivity index (χ0) is 14.7. The second-order valence-electron chi connectivity index (χ2n) is 4.70. The maximum atomic E-state index is 10.3. The highest BCUT2D eigenvalue weighted by molar-refractivity contribution is 6.31. The summed E-state index contributed by atoms with van der Waals surface area (Å²) in [5, 5.41) is 15.8. The fourth-order valence-electron chi connectivity index (χ4n) is 2.17. The average Bonchev–Trinajstić information content (AvgIpc) is 2.53. The molecule has 3 aromatic rings. The molecule has 1 aromatic heterocycles.